The van der Waals surface area contributed by atoms with E-state index in [9.17, 15) is 8.42 Å². The average molecular weight is 332 g/mol. The van der Waals surface area contributed by atoms with E-state index in [2.05, 4.69) is 4.98 Å². The Balaban J connectivity index is 2.27. The minimum absolute atomic E-state index is 0.135. The Hall–Kier alpha value is -1.15. The van der Waals surface area contributed by atoms with Crippen LogP contribution in [0.2, 0.25) is 4.34 Å². The topological polar surface area (TPSA) is 76.3 Å². The van der Waals surface area contributed by atoms with Gasteiger partial charge in [-0.2, -0.15) is 4.31 Å². The van der Waals surface area contributed by atoms with Crippen molar-refractivity contribution in [1.82, 2.24) is 9.29 Å². The number of rotatable bonds is 5. The van der Waals surface area contributed by atoms with Gasteiger partial charge < -0.3 is 5.73 Å². The summed E-state index contributed by atoms with van der Waals surface area (Å²) in [6.07, 6.45) is 1.27. The van der Waals surface area contributed by atoms with Crippen molar-refractivity contribution in [3.8, 4) is 0 Å². The number of anilines is 1. The van der Waals surface area contributed by atoms with Gasteiger partial charge in [-0.15, -0.1) is 11.3 Å². The van der Waals surface area contributed by atoms with Gasteiger partial charge in [0.05, 0.1) is 4.34 Å². The summed E-state index contributed by atoms with van der Waals surface area (Å²) in [5.41, 5.74) is 5.47. The van der Waals surface area contributed by atoms with E-state index >= 15 is 0 Å². The fourth-order valence-corrected chi connectivity index (χ4v) is 4.23. The van der Waals surface area contributed by atoms with Crippen molar-refractivity contribution in [3.05, 3.63) is 39.7 Å². The SMILES string of the molecule is CCN(Cc1ccc(Cl)s1)S(=O)(=O)c1ccc(N)nc1. The second kappa shape index (κ2) is 6.09. The summed E-state index contributed by atoms with van der Waals surface area (Å²) in [5.74, 6) is 0.289. The molecule has 0 aromatic carbocycles. The first-order chi connectivity index (χ1) is 9.43. The summed E-state index contributed by atoms with van der Waals surface area (Å²) in [4.78, 5) is 4.85. The van der Waals surface area contributed by atoms with Crippen LogP contribution in [0.15, 0.2) is 35.4 Å². The largest absolute Gasteiger partial charge is 0.384 e. The van der Waals surface area contributed by atoms with Crippen LogP contribution in [-0.4, -0.2) is 24.3 Å². The molecule has 5 nitrogen and oxygen atoms in total. The van der Waals surface area contributed by atoms with Crippen LogP contribution in [0.25, 0.3) is 0 Å². The van der Waals surface area contributed by atoms with E-state index in [0.717, 1.165) is 4.88 Å². The van der Waals surface area contributed by atoms with Gasteiger partial charge in [0.2, 0.25) is 10.0 Å². The molecule has 0 unspecified atom stereocenters. The zero-order valence-electron chi connectivity index (χ0n) is 10.8. The highest BCUT2D eigenvalue weighted by molar-refractivity contribution is 7.89. The van der Waals surface area contributed by atoms with Crippen LogP contribution in [0, 0.1) is 0 Å². The molecule has 0 saturated carbocycles. The lowest BCUT2D eigenvalue weighted by atomic mass is 10.4. The van der Waals surface area contributed by atoms with Gasteiger partial charge in [-0.05, 0) is 24.3 Å². The van der Waals surface area contributed by atoms with Crippen LogP contribution in [0.5, 0.6) is 0 Å². The number of nitrogens with two attached hydrogens (primary N) is 1. The number of pyridine rings is 1. The van der Waals surface area contributed by atoms with Crippen LogP contribution in [0.4, 0.5) is 5.82 Å². The third-order valence-corrected chi connectivity index (χ3v) is 5.83. The van der Waals surface area contributed by atoms with Gasteiger partial charge in [0.25, 0.3) is 0 Å². The molecule has 2 heterocycles. The van der Waals surface area contributed by atoms with Gasteiger partial charge in [-0.3, -0.25) is 0 Å². The lowest BCUT2D eigenvalue weighted by Crippen LogP contribution is -2.30. The van der Waals surface area contributed by atoms with Crippen molar-refractivity contribution < 1.29 is 8.42 Å². The number of hydrogen-bond donors (Lipinski definition) is 1. The second-order valence-electron chi connectivity index (χ2n) is 4.06. The van der Waals surface area contributed by atoms with E-state index in [0.29, 0.717) is 17.4 Å². The van der Waals surface area contributed by atoms with Crippen molar-refractivity contribution in [2.24, 2.45) is 0 Å². The normalized spacial score (nSPS) is 11.9. The molecule has 2 N–H and O–H groups in total. The summed E-state index contributed by atoms with van der Waals surface area (Å²) in [7, 11) is -3.58. The predicted molar refractivity (Wildman–Crippen MR) is 81.2 cm³/mol. The van der Waals surface area contributed by atoms with Crippen molar-refractivity contribution in [2.75, 3.05) is 12.3 Å². The first-order valence-corrected chi connectivity index (χ1v) is 8.53. The number of thiophene rings is 1. The number of halogens is 1. The summed E-state index contributed by atoms with van der Waals surface area (Å²) in [6, 6.07) is 6.52. The van der Waals surface area contributed by atoms with Gasteiger partial charge in [-0.25, -0.2) is 13.4 Å². The number of nitrogens with zero attached hydrogens (tertiary/aromatic N) is 2. The smallest absolute Gasteiger partial charge is 0.244 e. The van der Waals surface area contributed by atoms with Crippen LogP contribution >= 0.6 is 22.9 Å². The van der Waals surface area contributed by atoms with Crippen molar-refractivity contribution in [1.29, 1.82) is 0 Å². The van der Waals surface area contributed by atoms with Crippen molar-refractivity contribution >= 4 is 38.8 Å². The second-order valence-corrected chi connectivity index (χ2v) is 7.79. The van der Waals surface area contributed by atoms with Crippen LogP contribution in [0.3, 0.4) is 0 Å². The minimum Gasteiger partial charge on any atom is -0.384 e. The molecule has 2 rings (SSSR count). The van der Waals surface area contributed by atoms with E-state index in [-0.39, 0.29) is 10.7 Å². The molecule has 0 aliphatic carbocycles. The van der Waals surface area contributed by atoms with Gasteiger partial charge in [0, 0.05) is 24.2 Å². The minimum atomic E-state index is -3.58. The van der Waals surface area contributed by atoms with Crippen molar-refractivity contribution in [3.63, 3.8) is 0 Å². The third kappa shape index (κ3) is 3.29. The molecule has 0 aliphatic rings. The maximum Gasteiger partial charge on any atom is 0.244 e. The molecule has 8 heteroatoms. The Morgan fingerprint density at radius 3 is 2.60 bits per heavy atom. The molecular formula is C12H14ClN3O2S2. The van der Waals surface area contributed by atoms with E-state index in [1.54, 1.807) is 13.0 Å². The molecule has 0 aliphatic heterocycles. The molecule has 0 radical (unpaired) electrons. The van der Waals surface area contributed by atoms with Gasteiger partial charge in [-0.1, -0.05) is 18.5 Å². The molecule has 2 aromatic heterocycles. The number of sulfonamides is 1. The molecule has 0 saturated heterocycles. The highest BCUT2D eigenvalue weighted by Gasteiger charge is 2.24. The molecule has 0 spiro atoms. The summed E-state index contributed by atoms with van der Waals surface area (Å²) in [6.45, 7) is 2.44. The highest BCUT2D eigenvalue weighted by atomic mass is 35.5. The molecule has 2 aromatic rings. The van der Waals surface area contributed by atoms with Crippen LogP contribution in [0.1, 0.15) is 11.8 Å². The summed E-state index contributed by atoms with van der Waals surface area (Å²) in [5, 5.41) is 0. The fourth-order valence-electron chi connectivity index (χ4n) is 1.67. The first-order valence-electron chi connectivity index (χ1n) is 5.89. The number of nitrogen functional groups attached to an aromatic ring is 1. The quantitative estimate of drug-likeness (QED) is 0.913. The van der Waals surface area contributed by atoms with Crippen LogP contribution in [-0.2, 0) is 16.6 Å². The van der Waals surface area contributed by atoms with E-state index < -0.39 is 10.0 Å². The lowest BCUT2D eigenvalue weighted by molar-refractivity contribution is 0.426. The van der Waals surface area contributed by atoms with Gasteiger partial charge in [0.15, 0.2) is 0 Å². The van der Waals surface area contributed by atoms with Crippen molar-refractivity contribution in [2.45, 2.75) is 18.4 Å². The first kappa shape index (κ1) is 15.2. The van der Waals surface area contributed by atoms with Gasteiger partial charge in [0.1, 0.15) is 10.7 Å². The van der Waals surface area contributed by atoms with Gasteiger partial charge >= 0.3 is 0 Å². The Labute approximate surface area is 127 Å². The Morgan fingerprint density at radius 2 is 2.10 bits per heavy atom. The third-order valence-electron chi connectivity index (χ3n) is 2.71. The van der Waals surface area contributed by atoms with Crippen LogP contribution < -0.4 is 5.73 Å². The maximum atomic E-state index is 12.5. The predicted octanol–water partition coefficient (Wildman–Crippen LogP) is 2.59. The number of aromatic nitrogens is 1. The average Bonchev–Trinajstić information content (AvgIpc) is 2.82. The monoisotopic (exact) mass is 331 g/mol. The number of hydrogen-bond acceptors (Lipinski definition) is 5. The Bertz CT molecular complexity index is 683. The molecule has 0 atom stereocenters. The van der Waals surface area contributed by atoms with E-state index in [1.807, 2.05) is 6.07 Å². The Morgan fingerprint density at radius 1 is 1.35 bits per heavy atom. The zero-order chi connectivity index (χ0) is 14.8. The summed E-state index contributed by atoms with van der Waals surface area (Å²) >= 11 is 7.23. The Kier molecular flexibility index (Phi) is 4.64. The van der Waals surface area contributed by atoms with E-state index in [1.165, 1.54) is 34.0 Å². The fraction of sp³-hybridized carbons (Fsp3) is 0.250. The van der Waals surface area contributed by atoms with E-state index in [4.69, 9.17) is 17.3 Å². The lowest BCUT2D eigenvalue weighted by Gasteiger charge is -2.19. The molecule has 20 heavy (non-hydrogen) atoms. The zero-order valence-corrected chi connectivity index (χ0v) is 13.2. The molecular weight excluding hydrogens is 318 g/mol. The molecule has 108 valence electrons. The standard InChI is InChI=1S/C12H14ClN3O2S2/c1-2-16(8-9-3-5-11(13)19-9)20(17,18)10-4-6-12(14)15-7-10/h3-7H,2,8H2,1H3,(H2,14,15). The maximum absolute atomic E-state index is 12.5. The molecule has 0 bridgehead atoms. The summed E-state index contributed by atoms with van der Waals surface area (Å²) < 4.78 is 27.0. The highest BCUT2D eigenvalue weighted by Crippen LogP contribution is 2.25. The molecule has 0 amide bonds. The molecule has 0 fully saturated rings.